The summed E-state index contributed by atoms with van der Waals surface area (Å²) in [7, 11) is 0. The van der Waals surface area contributed by atoms with Gasteiger partial charge in [-0.25, -0.2) is 0 Å². The largest absolute Gasteiger partial charge is 0.299 e. The van der Waals surface area contributed by atoms with Gasteiger partial charge in [-0.1, -0.05) is 245 Å². The molecule has 0 fully saturated rings. The summed E-state index contributed by atoms with van der Waals surface area (Å²) >= 11 is 0. The second kappa shape index (κ2) is 40.8. The average molecular weight is 674 g/mol. The molecule has 0 saturated heterocycles. The molecule has 0 aromatic carbocycles. The second-order valence-corrected chi connectivity index (χ2v) is 15.7. The zero-order valence-electron chi connectivity index (χ0n) is 33.6. The van der Waals surface area contributed by atoms with Crippen LogP contribution < -0.4 is 0 Å². The van der Waals surface area contributed by atoms with E-state index in [9.17, 15) is 9.59 Å². The van der Waals surface area contributed by atoms with Gasteiger partial charge < -0.3 is 0 Å². The van der Waals surface area contributed by atoms with Crippen molar-refractivity contribution in [3.8, 4) is 0 Å². The van der Waals surface area contributed by atoms with Gasteiger partial charge in [0.1, 0.15) is 17.5 Å². The first-order valence-corrected chi connectivity index (χ1v) is 22.5. The lowest BCUT2D eigenvalue weighted by Crippen LogP contribution is -2.18. The molecular weight excluding hydrogens is 585 g/mol. The van der Waals surface area contributed by atoms with Crippen LogP contribution in [0.15, 0.2) is 0 Å². The summed E-state index contributed by atoms with van der Waals surface area (Å²) in [5, 5.41) is 0. The molecule has 0 atom stereocenters. The minimum absolute atomic E-state index is 0.102. The molecule has 0 unspecified atom stereocenters. The van der Waals surface area contributed by atoms with E-state index in [0.717, 1.165) is 25.7 Å². The van der Waals surface area contributed by atoms with E-state index in [4.69, 9.17) is 0 Å². The Bertz CT molecular complexity index is 586. The van der Waals surface area contributed by atoms with Crippen molar-refractivity contribution in [1.82, 2.24) is 0 Å². The minimum Gasteiger partial charge on any atom is -0.299 e. The number of carbonyl (C=O) groups is 2. The number of hydrogen-bond acceptors (Lipinski definition) is 2. The summed E-state index contributed by atoms with van der Waals surface area (Å²) in [6, 6.07) is 0. The summed E-state index contributed by atoms with van der Waals surface area (Å²) in [6.45, 7) is 6.36. The van der Waals surface area contributed by atoms with Crippen LogP contribution in [0, 0.1) is 5.92 Å². The zero-order chi connectivity index (χ0) is 35.0. The Morgan fingerprint density at radius 2 is 0.396 bits per heavy atom. The van der Waals surface area contributed by atoms with Crippen molar-refractivity contribution in [1.29, 1.82) is 0 Å². The third-order valence-electron chi connectivity index (χ3n) is 10.9. The van der Waals surface area contributed by atoms with Gasteiger partial charge in [-0.15, -0.1) is 0 Å². The maximum absolute atomic E-state index is 12.5. The molecule has 0 aliphatic rings. The van der Waals surface area contributed by atoms with Gasteiger partial charge in [0, 0.05) is 12.8 Å². The number of Topliss-reactive ketones (excluding diaryl/α,β-unsaturated/α-hetero) is 2. The lowest BCUT2D eigenvalue weighted by Gasteiger charge is -2.09. The van der Waals surface area contributed by atoms with Gasteiger partial charge in [-0.2, -0.15) is 0 Å². The SMILES string of the molecule is CCCCCCCCCCCCCCCCCCCCCC(=O)[C](C)C(=O)CCCCCCCCCCCCCCCCCCCCC. The molecule has 0 bridgehead atoms. The van der Waals surface area contributed by atoms with E-state index in [0.29, 0.717) is 18.8 Å². The van der Waals surface area contributed by atoms with Crippen molar-refractivity contribution < 1.29 is 9.59 Å². The van der Waals surface area contributed by atoms with Crippen LogP contribution in [0.1, 0.15) is 278 Å². The van der Waals surface area contributed by atoms with Crippen molar-refractivity contribution >= 4 is 11.6 Å². The molecule has 2 nitrogen and oxygen atoms in total. The van der Waals surface area contributed by atoms with Crippen LogP contribution in [0.5, 0.6) is 0 Å². The summed E-state index contributed by atoms with van der Waals surface area (Å²) < 4.78 is 0. The van der Waals surface area contributed by atoms with Crippen molar-refractivity contribution in [2.24, 2.45) is 0 Å². The lowest BCUT2D eigenvalue weighted by atomic mass is 9.93. The van der Waals surface area contributed by atoms with E-state index in [-0.39, 0.29) is 11.6 Å². The van der Waals surface area contributed by atoms with Gasteiger partial charge in [0.25, 0.3) is 0 Å². The maximum atomic E-state index is 12.5. The fourth-order valence-electron chi connectivity index (χ4n) is 7.26. The molecule has 0 aromatic heterocycles. The lowest BCUT2D eigenvalue weighted by molar-refractivity contribution is -0.124. The predicted molar refractivity (Wildman–Crippen MR) is 215 cm³/mol. The first-order chi connectivity index (χ1) is 23.6. The predicted octanol–water partition coefficient (Wildman–Crippen LogP) is 16.4. The number of hydrogen-bond donors (Lipinski definition) is 0. The van der Waals surface area contributed by atoms with Gasteiger partial charge in [0.15, 0.2) is 0 Å². The van der Waals surface area contributed by atoms with E-state index in [1.807, 2.05) is 0 Å². The molecule has 0 spiro atoms. The summed E-state index contributed by atoms with van der Waals surface area (Å²) in [5.74, 6) is 0.717. The number of rotatable bonds is 42. The normalized spacial score (nSPS) is 11.6. The molecule has 0 aromatic rings. The topological polar surface area (TPSA) is 34.1 Å². The molecule has 0 aliphatic heterocycles. The molecule has 0 N–H and O–H groups in total. The molecule has 0 aliphatic carbocycles. The Kier molecular flexibility index (Phi) is 40.2. The first-order valence-electron chi connectivity index (χ1n) is 22.5. The van der Waals surface area contributed by atoms with Crippen molar-refractivity contribution in [2.75, 3.05) is 0 Å². The zero-order valence-corrected chi connectivity index (χ0v) is 33.6. The smallest absolute Gasteiger partial charge is 0.147 e. The summed E-state index contributed by atoms with van der Waals surface area (Å²) in [4.78, 5) is 25.0. The van der Waals surface area contributed by atoms with E-state index in [2.05, 4.69) is 13.8 Å². The van der Waals surface area contributed by atoms with Gasteiger partial charge in [0.05, 0.1) is 0 Å². The molecule has 1 radical (unpaired) electrons. The quantitative estimate of drug-likeness (QED) is 0.0477. The molecule has 0 saturated carbocycles. The van der Waals surface area contributed by atoms with Crippen LogP contribution in [-0.2, 0) is 9.59 Å². The van der Waals surface area contributed by atoms with E-state index in [1.165, 1.54) is 218 Å². The van der Waals surface area contributed by atoms with E-state index < -0.39 is 0 Å². The first kappa shape index (κ1) is 47.3. The molecule has 2 heteroatoms. The van der Waals surface area contributed by atoms with Crippen LogP contribution in [0.25, 0.3) is 0 Å². The van der Waals surface area contributed by atoms with Crippen LogP contribution in [0.3, 0.4) is 0 Å². The molecular formula is C46H89O2. The number of carbonyl (C=O) groups excluding carboxylic acids is 2. The summed E-state index contributed by atoms with van der Waals surface area (Å²) in [6.07, 6.45) is 52.9. The third kappa shape index (κ3) is 36.6. The highest BCUT2D eigenvalue weighted by atomic mass is 16.1. The van der Waals surface area contributed by atoms with Gasteiger partial charge in [-0.3, -0.25) is 9.59 Å². The van der Waals surface area contributed by atoms with Crippen LogP contribution in [0.4, 0.5) is 0 Å². The highest BCUT2D eigenvalue weighted by Gasteiger charge is 2.21. The van der Waals surface area contributed by atoms with Gasteiger partial charge >= 0.3 is 0 Å². The van der Waals surface area contributed by atoms with Crippen LogP contribution in [-0.4, -0.2) is 11.6 Å². The highest BCUT2D eigenvalue weighted by molar-refractivity contribution is 6.15. The standard InChI is InChI=1S/C46H89O2/c1-4-6-8-10-12-14-16-18-20-22-24-26-28-30-32-34-36-38-40-42-45(47)44(3)46(48)43-41-39-37-35-33-31-29-27-25-23-21-19-17-15-13-11-9-7-5-2/h4-43H2,1-3H3. The summed E-state index contributed by atoms with van der Waals surface area (Å²) in [5.41, 5.74) is 0. The van der Waals surface area contributed by atoms with E-state index >= 15 is 0 Å². The van der Waals surface area contributed by atoms with Crippen molar-refractivity contribution in [3.05, 3.63) is 5.92 Å². The minimum atomic E-state index is 0.102. The average Bonchev–Trinajstić information content (AvgIpc) is 3.09. The second-order valence-electron chi connectivity index (χ2n) is 15.7. The maximum Gasteiger partial charge on any atom is 0.147 e. The van der Waals surface area contributed by atoms with E-state index in [1.54, 1.807) is 6.92 Å². The van der Waals surface area contributed by atoms with Crippen LogP contribution >= 0.6 is 0 Å². The van der Waals surface area contributed by atoms with Crippen LogP contribution in [0.2, 0.25) is 0 Å². The fourth-order valence-corrected chi connectivity index (χ4v) is 7.26. The molecule has 285 valence electrons. The Morgan fingerprint density at radius 3 is 0.562 bits per heavy atom. The molecule has 0 amide bonds. The van der Waals surface area contributed by atoms with Gasteiger partial charge in [0.2, 0.25) is 0 Å². The Labute approximate surface area is 303 Å². The molecule has 0 rings (SSSR count). The third-order valence-corrected chi connectivity index (χ3v) is 10.9. The Balaban J connectivity index is 3.36. The number of unbranched alkanes of at least 4 members (excludes halogenated alkanes) is 36. The monoisotopic (exact) mass is 674 g/mol. The highest BCUT2D eigenvalue weighted by Crippen LogP contribution is 2.18. The number of ketones is 2. The molecule has 0 heterocycles. The van der Waals surface area contributed by atoms with Crippen molar-refractivity contribution in [2.45, 2.75) is 278 Å². The Hall–Kier alpha value is -0.660. The van der Waals surface area contributed by atoms with Gasteiger partial charge in [-0.05, 0) is 19.8 Å². The fraction of sp³-hybridized carbons (Fsp3) is 0.935. The molecule has 48 heavy (non-hydrogen) atoms. The Morgan fingerprint density at radius 1 is 0.250 bits per heavy atom. The van der Waals surface area contributed by atoms with Crippen molar-refractivity contribution in [3.63, 3.8) is 0 Å².